The van der Waals surface area contributed by atoms with Crippen LogP contribution in [0.3, 0.4) is 0 Å². The Morgan fingerprint density at radius 2 is 1.90 bits per heavy atom. The molecular formula is C32H42ClF2N3OS3. The third-order valence-electron chi connectivity index (χ3n) is 6.84. The number of nitrogens with one attached hydrogen (secondary N) is 1. The Morgan fingerprint density at radius 3 is 2.50 bits per heavy atom. The largest absolute Gasteiger partial charge is 0.351 e. The molecular weight excluding hydrogens is 612 g/mol. The lowest BCUT2D eigenvalue weighted by molar-refractivity contribution is -0.119. The van der Waals surface area contributed by atoms with E-state index in [0.29, 0.717) is 51.7 Å². The first kappa shape index (κ1) is 36.0. The Kier molecular flexibility index (Phi) is 14.2. The zero-order valence-electron chi connectivity index (χ0n) is 25.2. The minimum atomic E-state index is -2.41. The first-order chi connectivity index (χ1) is 19.8. The number of unbranched alkanes of at least 4 members (excludes halogenated alkanes) is 1. The average molecular weight is 654 g/mol. The minimum absolute atomic E-state index is 0.0409. The maximum absolute atomic E-state index is 16.2. The molecule has 1 heterocycles. The van der Waals surface area contributed by atoms with Gasteiger partial charge in [-0.3, -0.25) is 9.78 Å². The van der Waals surface area contributed by atoms with Crippen molar-refractivity contribution in [3.05, 3.63) is 94.6 Å². The molecule has 4 nitrogen and oxygen atoms in total. The van der Waals surface area contributed by atoms with E-state index in [1.54, 1.807) is 42.3 Å². The first-order valence-electron chi connectivity index (χ1n) is 14.0. The number of allylic oxidation sites excluding steroid dienone is 5. The Balaban J connectivity index is 2.70. The molecule has 0 aliphatic rings. The summed E-state index contributed by atoms with van der Waals surface area (Å²) in [7, 11) is -0.603. The number of hydrogen-bond donors (Lipinski definition) is 3. The third-order valence-corrected chi connectivity index (χ3v) is 10.3. The van der Waals surface area contributed by atoms with Gasteiger partial charge >= 0.3 is 0 Å². The average Bonchev–Trinajstić information content (AvgIpc) is 2.96. The summed E-state index contributed by atoms with van der Waals surface area (Å²) < 4.78 is 34.6. The standard InChI is InChI=1S/C32H42ClF2N3OS3/c1-8-12-14-23(15-18-28(38(7)11-4)25(13-9-2)32(39)21(5)10-3)30-26(34)16-17-27(31(30)35)37-42(40,41)29-19-24(33)20-36-22(29)6/h11,14-21,37,40-41H,4,8-10,12-13H2,1-3,5-7H3/b18-15-,23-14-,28-25+. The van der Waals surface area contributed by atoms with Gasteiger partial charge in [-0.1, -0.05) is 94.2 Å². The molecule has 230 valence electrons. The van der Waals surface area contributed by atoms with Crippen LogP contribution in [-0.2, 0) is 4.79 Å². The van der Waals surface area contributed by atoms with Gasteiger partial charge in [-0.2, -0.15) is 0 Å². The number of carbonyl (C=O) groups is 1. The smallest absolute Gasteiger partial charge is 0.163 e. The molecule has 1 atom stereocenters. The van der Waals surface area contributed by atoms with Gasteiger partial charge in [-0.05, 0) is 70.5 Å². The molecule has 0 radical (unpaired) electrons. The fourth-order valence-corrected chi connectivity index (χ4v) is 7.49. The SMILES string of the molecule is C=CN(C)C(/C=C\C(=C\CCC)c1c(F)ccc(NS(S)(S)c2cc(Cl)cnc2C)c1F)=C(\CCC)C(=O)C(C)CC. The summed E-state index contributed by atoms with van der Waals surface area (Å²) >= 11 is 15.6. The van der Waals surface area contributed by atoms with E-state index in [-0.39, 0.29) is 23.0 Å². The fraction of sp³-hybridized carbons (Fsp3) is 0.375. The van der Waals surface area contributed by atoms with Gasteiger partial charge in [0.1, 0.15) is 5.82 Å². The lowest BCUT2D eigenvalue weighted by Gasteiger charge is -2.32. The van der Waals surface area contributed by atoms with Crippen LogP contribution in [0, 0.1) is 24.5 Å². The van der Waals surface area contributed by atoms with E-state index in [0.717, 1.165) is 12.8 Å². The molecule has 1 N–H and O–H groups in total. The van der Waals surface area contributed by atoms with Gasteiger partial charge in [0.25, 0.3) is 0 Å². The number of carbonyl (C=O) groups excluding carboxylic acids is 1. The van der Waals surface area contributed by atoms with Crippen LogP contribution in [0.5, 0.6) is 0 Å². The number of hydrogen-bond acceptors (Lipinski definition) is 6. The molecule has 1 aromatic heterocycles. The number of nitrogens with zero attached hydrogens (tertiary/aromatic N) is 2. The number of pyridine rings is 1. The summed E-state index contributed by atoms with van der Waals surface area (Å²) in [6, 6.07) is 4.23. The van der Waals surface area contributed by atoms with Gasteiger partial charge in [-0.25, -0.2) is 8.78 Å². The maximum Gasteiger partial charge on any atom is 0.163 e. The van der Waals surface area contributed by atoms with E-state index >= 15 is 8.78 Å². The molecule has 1 aromatic carbocycles. The topological polar surface area (TPSA) is 45.2 Å². The number of likely N-dealkylation sites (N-methyl/N-ethyl adjacent to an activating group) is 1. The van der Waals surface area contributed by atoms with Gasteiger partial charge in [0.05, 0.1) is 22.0 Å². The molecule has 0 aliphatic carbocycles. The van der Waals surface area contributed by atoms with Crippen molar-refractivity contribution in [1.29, 1.82) is 0 Å². The van der Waals surface area contributed by atoms with Crippen LogP contribution < -0.4 is 4.72 Å². The summed E-state index contributed by atoms with van der Waals surface area (Å²) in [5, 5.41) is 0.398. The summed E-state index contributed by atoms with van der Waals surface area (Å²) in [5.41, 5.74) is 2.17. The van der Waals surface area contributed by atoms with Crippen molar-refractivity contribution in [3.63, 3.8) is 0 Å². The highest BCUT2D eigenvalue weighted by Gasteiger charge is 2.25. The lowest BCUT2D eigenvalue weighted by Crippen LogP contribution is -2.20. The van der Waals surface area contributed by atoms with Gasteiger partial charge < -0.3 is 9.62 Å². The molecule has 0 bridgehead atoms. The predicted molar refractivity (Wildman–Crippen MR) is 184 cm³/mol. The van der Waals surface area contributed by atoms with Gasteiger partial charge in [0.15, 0.2) is 11.6 Å². The number of thiol groups is 2. The summed E-state index contributed by atoms with van der Waals surface area (Å²) in [6.07, 6.45) is 11.8. The summed E-state index contributed by atoms with van der Waals surface area (Å²) in [5.74, 6) is -1.58. The van der Waals surface area contributed by atoms with Crippen LogP contribution in [0.4, 0.5) is 14.5 Å². The molecule has 0 amide bonds. The zero-order chi connectivity index (χ0) is 31.6. The van der Waals surface area contributed by atoms with Crippen molar-refractivity contribution < 1.29 is 13.6 Å². The molecule has 10 heteroatoms. The highest BCUT2D eigenvalue weighted by Crippen LogP contribution is 2.64. The van der Waals surface area contributed by atoms with E-state index in [1.807, 2.05) is 34.7 Å². The molecule has 2 aromatic rings. The Hall–Kier alpha value is -2.20. The van der Waals surface area contributed by atoms with Crippen molar-refractivity contribution in [2.24, 2.45) is 5.92 Å². The molecule has 2 rings (SSSR count). The van der Waals surface area contributed by atoms with E-state index in [1.165, 1.54) is 18.3 Å². The van der Waals surface area contributed by atoms with Crippen LogP contribution in [0.25, 0.3) is 5.57 Å². The van der Waals surface area contributed by atoms with Crippen LogP contribution in [-0.4, -0.2) is 22.7 Å². The Morgan fingerprint density at radius 1 is 1.21 bits per heavy atom. The van der Waals surface area contributed by atoms with Gasteiger partial charge in [0.2, 0.25) is 0 Å². The normalized spacial score (nSPS) is 14.0. The van der Waals surface area contributed by atoms with Crippen molar-refractivity contribution in [2.45, 2.75) is 71.6 Å². The molecule has 0 spiro atoms. The number of benzene rings is 1. The molecule has 0 saturated heterocycles. The molecule has 0 aliphatic heterocycles. The van der Waals surface area contributed by atoms with Crippen molar-refractivity contribution in [3.8, 4) is 0 Å². The highest BCUT2D eigenvalue weighted by atomic mass is 35.5. The quantitative estimate of drug-likeness (QED) is 0.0774. The second kappa shape index (κ2) is 16.6. The van der Waals surface area contributed by atoms with Crippen LogP contribution in [0.15, 0.2) is 71.6 Å². The van der Waals surface area contributed by atoms with Gasteiger partial charge in [-0.15, -0.1) is 0 Å². The molecule has 1 unspecified atom stereocenters. The fourth-order valence-electron chi connectivity index (χ4n) is 4.24. The minimum Gasteiger partial charge on any atom is -0.351 e. The monoisotopic (exact) mass is 653 g/mol. The molecule has 0 saturated carbocycles. The van der Waals surface area contributed by atoms with Crippen molar-refractivity contribution >= 4 is 60.2 Å². The van der Waals surface area contributed by atoms with Crippen LogP contribution in [0.1, 0.15) is 71.1 Å². The lowest BCUT2D eigenvalue weighted by atomic mass is 9.92. The molecule has 0 fully saturated rings. The Bertz CT molecular complexity index is 1380. The predicted octanol–water partition coefficient (Wildman–Crippen LogP) is 10.7. The summed E-state index contributed by atoms with van der Waals surface area (Å²) in [6.45, 7) is 13.6. The second-order valence-corrected chi connectivity index (χ2v) is 16.4. The van der Waals surface area contributed by atoms with E-state index in [4.69, 9.17) is 34.9 Å². The number of ketones is 1. The summed E-state index contributed by atoms with van der Waals surface area (Å²) in [4.78, 5) is 20.0. The number of aromatic nitrogens is 1. The van der Waals surface area contributed by atoms with Crippen molar-refractivity contribution in [2.75, 3.05) is 11.8 Å². The van der Waals surface area contributed by atoms with Crippen LogP contribution >= 0.6 is 43.2 Å². The van der Waals surface area contributed by atoms with Crippen molar-refractivity contribution in [1.82, 2.24) is 9.88 Å². The number of rotatable bonds is 15. The second-order valence-electron chi connectivity index (χ2n) is 10.0. The zero-order valence-corrected chi connectivity index (χ0v) is 28.5. The number of aryl methyl sites for hydroxylation is 1. The van der Waals surface area contributed by atoms with E-state index < -0.39 is 19.9 Å². The maximum atomic E-state index is 16.2. The van der Waals surface area contributed by atoms with Crippen LogP contribution in [0.2, 0.25) is 5.02 Å². The number of anilines is 1. The van der Waals surface area contributed by atoms with E-state index in [2.05, 4.69) is 16.3 Å². The third kappa shape index (κ3) is 9.15. The number of Topliss-reactive ketones (excluding diaryl/α,β-unsaturated/α-hetero) is 1. The number of halogens is 3. The van der Waals surface area contributed by atoms with E-state index in [9.17, 15) is 4.79 Å². The van der Waals surface area contributed by atoms with Gasteiger partial charge in [0, 0.05) is 35.3 Å². The Labute approximate surface area is 266 Å². The highest BCUT2D eigenvalue weighted by molar-refractivity contribution is 9.18. The first-order valence-corrected chi connectivity index (χ1v) is 18.1. The molecule has 42 heavy (non-hydrogen) atoms.